The molecule has 1 saturated carbocycles. The molecule has 0 unspecified atom stereocenters. The molecule has 0 atom stereocenters. The monoisotopic (exact) mass is 252 g/mol. The number of aromatic amines is 1. The van der Waals surface area contributed by atoms with E-state index in [1.807, 2.05) is 0 Å². The first-order valence-corrected chi connectivity index (χ1v) is 6.05. The predicted octanol–water partition coefficient (Wildman–Crippen LogP) is 0.619. The van der Waals surface area contributed by atoms with Crippen molar-refractivity contribution in [3.63, 3.8) is 0 Å². The number of aliphatic carboxylic acids is 1. The van der Waals surface area contributed by atoms with Crippen LogP contribution in [0.5, 0.6) is 0 Å². The summed E-state index contributed by atoms with van der Waals surface area (Å²) in [7, 11) is 0. The maximum absolute atomic E-state index is 12.0. The van der Waals surface area contributed by atoms with Crippen molar-refractivity contribution in [2.24, 2.45) is 0 Å². The fourth-order valence-electron chi connectivity index (χ4n) is 1.68. The Morgan fingerprint density at radius 1 is 1.50 bits per heavy atom. The molecule has 1 aliphatic carbocycles. The summed E-state index contributed by atoms with van der Waals surface area (Å²) in [5.41, 5.74) is 0. The van der Waals surface area contributed by atoms with Gasteiger partial charge in [0.1, 0.15) is 5.82 Å². The third-order valence-corrected chi connectivity index (χ3v) is 2.92. The lowest BCUT2D eigenvalue weighted by molar-refractivity contribution is -0.137. The lowest BCUT2D eigenvalue weighted by Crippen LogP contribution is -2.33. The van der Waals surface area contributed by atoms with Crippen molar-refractivity contribution in [3.05, 3.63) is 11.6 Å². The van der Waals surface area contributed by atoms with Gasteiger partial charge >= 0.3 is 5.97 Å². The van der Waals surface area contributed by atoms with Gasteiger partial charge in [-0.25, -0.2) is 4.98 Å². The third-order valence-electron chi connectivity index (χ3n) is 2.92. The Balaban J connectivity index is 2.00. The van der Waals surface area contributed by atoms with E-state index in [2.05, 4.69) is 15.2 Å². The van der Waals surface area contributed by atoms with Gasteiger partial charge in [0.05, 0.1) is 6.42 Å². The molecule has 7 nitrogen and oxygen atoms in total. The number of amides is 1. The highest BCUT2D eigenvalue weighted by atomic mass is 16.4. The SMILES string of the molecule is CCN(CCC(=O)O)C(=O)c1n[nH]c(C2CC2)n1. The molecular weight excluding hydrogens is 236 g/mol. The van der Waals surface area contributed by atoms with Gasteiger partial charge in [-0.1, -0.05) is 0 Å². The van der Waals surface area contributed by atoms with E-state index < -0.39 is 5.97 Å². The van der Waals surface area contributed by atoms with Gasteiger partial charge in [0.15, 0.2) is 0 Å². The van der Waals surface area contributed by atoms with Crippen LogP contribution in [-0.2, 0) is 4.79 Å². The molecule has 98 valence electrons. The van der Waals surface area contributed by atoms with Crippen LogP contribution in [0.4, 0.5) is 0 Å². The number of rotatable bonds is 6. The number of aromatic nitrogens is 3. The second-order valence-corrected chi connectivity index (χ2v) is 4.35. The molecule has 1 aromatic rings. The summed E-state index contributed by atoms with van der Waals surface area (Å²) in [5.74, 6) is 0.0572. The zero-order valence-electron chi connectivity index (χ0n) is 10.2. The Kier molecular flexibility index (Phi) is 3.59. The van der Waals surface area contributed by atoms with E-state index in [0.29, 0.717) is 12.5 Å². The average Bonchev–Trinajstić information content (AvgIpc) is 3.07. The highest BCUT2D eigenvalue weighted by Crippen LogP contribution is 2.37. The van der Waals surface area contributed by atoms with E-state index in [1.54, 1.807) is 6.92 Å². The Morgan fingerprint density at radius 3 is 2.78 bits per heavy atom. The van der Waals surface area contributed by atoms with Crippen LogP contribution in [0.3, 0.4) is 0 Å². The summed E-state index contributed by atoms with van der Waals surface area (Å²) >= 11 is 0. The molecule has 1 aliphatic rings. The van der Waals surface area contributed by atoms with Gasteiger partial charge in [-0.05, 0) is 19.8 Å². The van der Waals surface area contributed by atoms with Crippen LogP contribution in [0.15, 0.2) is 0 Å². The molecule has 18 heavy (non-hydrogen) atoms. The van der Waals surface area contributed by atoms with Crippen molar-refractivity contribution in [1.82, 2.24) is 20.1 Å². The van der Waals surface area contributed by atoms with Crippen LogP contribution in [0.1, 0.15) is 48.5 Å². The van der Waals surface area contributed by atoms with Crippen molar-refractivity contribution in [1.29, 1.82) is 0 Å². The van der Waals surface area contributed by atoms with Gasteiger partial charge in [-0.2, -0.15) is 0 Å². The number of H-pyrrole nitrogens is 1. The Morgan fingerprint density at radius 2 is 2.22 bits per heavy atom. The molecular formula is C11H16N4O3. The quantitative estimate of drug-likeness (QED) is 0.773. The standard InChI is InChI=1S/C11H16N4O3/c1-2-15(6-5-8(16)17)11(18)10-12-9(13-14-10)7-3-4-7/h7H,2-6H2,1H3,(H,16,17)(H,12,13,14). The van der Waals surface area contributed by atoms with E-state index in [4.69, 9.17) is 5.11 Å². The first kappa shape index (κ1) is 12.5. The molecule has 0 bridgehead atoms. The molecule has 0 spiro atoms. The Bertz CT molecular complexity index is 453. The van der Waals surface area contributed by atoms with E-state index in [-0.39, 0.29) is 24.7 Å². The molecule has 0 radical (unpaired) electrons. The number of hydrogen-bond acceptors (Lipinski definition) is 4. The normalized spacial score (nSPS) is 14.5. The smallest absolute Gasteiger partial charge is 0.305 e. The van der Waals surface area contributed by atoms with Gasteiger partial charge in [0, 0.05) is 19.0 Å². The molecule has 0 aliphatic heterocycles. The summed E-state index contributed by atoms with van der Waals surface area (Å²) in [6, 6.07) is 0. The van der Waals surface area contributed by atoms with Crippen LogP contribution < -0.4 is 0 Å². The zero-order valence-corrected chi connectivity index (χ0v) is 10.2. The number of hydrogen-bond donors (Lipinski definition) is 2. The number of nitrogens with zero attached hydrogens (tertiary/aromatic N) is 3. The fraction of sp³-hybridized carbons (Fsp3) is 0.636. The fourth-order valence-corrected chi connectivity index (χ4v) is 1.68. The van der Waals surface area contributed by atoms with Crippen molar-refractivity contribution < 1.29 is 14.7 Å². The highest BCUT2D eigenvalue weighted by Gasteiger charge is 2.29. The van der Waals surface area contributed by atoms with Crippen LogP contribution >= 0.6 is 0 Å². The second-order valence-electron chi connectivity index (χ2n) is 4.35. The number of nitrogens with one attached hydrogen (secondary N) is 1. The highest BCUT2D eigenvalue weighted by molar-refractivity contribution is 5.90. The predicted molar refractivity (Wildman–Crippen MR) is 62.2 cm³/mol. The minimum absolute atomic E-state index is 0.0700. The molecule has 2 N–H and O–H groups in total. The second kappa shape index (κ2) is 5.16. The number of carbonyl (C=O) groups is 2. The van der Waals surface area contributed by atoms with E-state index in [0.717, 1.165) is 18.7 Å². The van der Waals surface area contributed by atoms with Crippen molar-refractivity contribution in [2.45, 2.75) is 32.1 Å². The van der Waals surface area contributed by atoms with Crippen molar-refractivity contribution in [2.75, 3.05) is 13.1 Å². The minimum atomic E-state index is -0.921. The Hall–Kier alpha value is -1.92. The first-order chi connectivity index (χ1) is 8.61. The number of carboxylic acids is 1. The Labute approximate surface area is 104 Å². The summed E-state index contributed by atoms with van der Waals surface area (Å²) in [6.07, 6.45) is 2.10. The molecule has 1 fully saturated rings. The molecule has 2 rings (SSSR count). The summed E-state index contributed by atoms with van der Waals surface area (Å²) in [5, 5.41) is 15.3. The first-order valence-electron chi connectivity index (χ1n) is 6.05. The zero-order chi connectivity index (χ0) is 13.1. The molecule has 1 aromatic heterocycles. The maximum atomic E-state index is 12.0. The van der Waals surface area contributed by atoms with Gasteiger partial charge in [0.25, 0.3) is 5.91 Å². The topological polar surface area (TPSA) is 99.2 Å². The molecule has 0 saturated heterocycles. The van der Waals surface area contributed by atoms with E-state index in [1.165, 1.54) is 4.90 Å². The van der Waals surface area contributed by atoms with E-state index >= 15 is 0 Å². The van der Waals surface area contributed by atoms with Crippen LogP contribution in [0, 0.1) is 0 Å². The molecule has 7 heteroatoms. The van der Waals surface area contributed by atoms with Crippen molar-refractivity contribution in [3.8, 4) is 0 Å². The summed E-state index contributed by atoms with van der Waals surface area (Å²) in [4.78, 5) is 28.1. The minimum Gasteiger partial charge on any atom is -0.481 e. The summed E-state index contributed by atoms with van der Waals surface area (Å²) in [6.45, 7) is 2.42. The molecule has 1 amide bonds. The number of carbonyl (C=O) groups excluding carboxylic acids is 1. The van der Waals surface area contributed by atoms with E-state index in [9.17, 15) is 9.59 Å². The lowest BCUT2D eigenvalue weighted by atomic mass is 10.3. The molecule has 0 aromatic carbocycles. The van der Waals surface area contributed by atoms with Gasteiger partial charge in [-0.15, -0.1) is 5.10 Å². The third kappa shape index (κ3) is 2.85. The van der Waals surface area contributed by atoms with Crippen LogP contribution in [-0.4, -0.2) is 50.2 Å². The summed E-state index contributed by atoms with van der Waals surface area (Å²) < 4.78 is 0. The molecule has 1 heterocycles. The van der Waals surface area contributed by atoms with Crippen molar-refractivity contribution >= 4 is 11.9 Å². The van der Waals surface area contributed by atoms with Crippen LogP contribution in [0.25, 0.3) is 0 Å². The lowest BCUT2D eigenvalue weighted by Gasteiger charge is -2.17. The van der Waals surface area contributed by atoms with Gasteiger partial charge < -0.3 is 10.0 Å². The number of carboxylic acid groups (broad SMARTS) is 1. The maximum Gasteiger partial charge on any atom is 0.305 e. The van der Waals surface area contributed by atoms with Gasteiger partial charge in [0.2, 0.25) is 5.82 Å². The van der Waals surface area contributed by atoms with Crippen LogP contribution in [0.2, 0.25) is 0 Å². The van der Waals surface area contributed by atoms with Gasteiger partial charge in [-0.3, -0.25) is 14.7 Å². The average molecular weight is 252 g/mol. The largest absolute Gasteiger partial charge is 0.481 e.